The van der Waals surface area contributed by atoms with Crippen molar-refractivity contribution in [2.24, 2.45) is 5.41 Å². The van der Waals surface area contributed by atoms with Crippen molar-refractivity contribution in [2.75, 3.05) is 6.54 Å². The number of rotatable bonds is 4. The van der Waals surface area contributed by atoms with Crippen LogP contribution < -0.4 is 10.1 Å². The van der Waals surface area contributed by atoms with E-state index in [-0.39, 0.29) is 17.3 Å². The fourth-order valence-electron chi connectivity index (χ4n) is 3.25. The van der Waals surface area contributed by atoms with E-state index in [1.807, 2.05) is 6.92 Å². The van der Waals surface area contributed by atoms with Gasteiger partial charge in [-0.3, -0.25) is 0 Å². The molecular weight excluding hydrogens is 253 g/mol. The van der Waals surface area contributed by atoms with Gasteiger partial charge in [0, 0.05) is 6.04 Å². The fourth-order valence-corrected chi connectivity index (χ4v) is 3.25. The summed E-state index contributed by atoms with van der Waals surface area (Å²) in [5.41, 5.74) is 1.09. The summed E-state index contributed by atoms with van der Waals surface area (Å²) in [6.45, 7) is 9.57. The van der Waals surface area contributed by atoms with E-state index in [2.05, 4.69) is 26.1 Å². The minimum Gasteiger partial charge on any atom is -0.489 e. The lowest BCUT2D eigenvalue weighted by Crippen LogP contribution is -2.54. The van der Waals surface area contributed by atoms with Crippen LogP contribution in [0, 0.1) is 18.2 Å². The Hall–Kier alpha value is -1.09. The average molecular weight is 279 g/mol. The van der Waals surface area contributed by atoms with Gasteiger partial charge in [-0.05, 0) is 61.9 Å². The highest BCUT2D eigenvalue weighted by molar-refractivity contribution is 5.33. The van der Waals surface area contributed by atoms with Gasteiger partial charge in [-0.1, -0.05) is 20.8 Å². The zero-order valence-electron chi connectivity index (χ0n) is 13.0. The van der Waals surface area contributed by atoms with E-state index >= 15 is 0 Å². The number of hydrogen-bond donors (Lipinski definition) is 1. The number of aryl methyl sites for hydroxylation is 1. The molecule has 2 nitrogen and oxygen atoms in total. The second-order valence-corrected chi connectivity index (χ2v) is 6.48. The lowest BCUT2D eigenvalue weighted by atomic mass is 9.71. The van der Waals surface area contributed by atoms with Gasteiger partial charge in [0.25, 0.3) is 0 Å². The van der Waals surface area contributed by atoms with Crippen molar-refractivity contribution in [2.45, 2.75) is 59.1 Å². The van der Waals surface area contributed by atoms with Gasteiger partial charge in [0.05, 0.1) is 0 Å². The first-order valence-electron chi connectivity index (χ1n) is 7.60. The summed E-state index contributed by atoms with van der Waals surface area (Å²) in [4.78, 5) is 0. The third-order valence-electron chi connectivity index (χ3n) is 4.36. The average Bonchev–Trinajstić information content (AvgIpc) is 2.36. The van der Waals surface area contributed by atoms with Gasteiger partial charge in [-0.15, -0.1) is 0 Å². The Kier molecular flexibility index (Phi) is 4.69. The monoisotopic (exact) mass is 279 g/mol. The summed E-state index contributed by atoms with van der Waals surface area (Å²) in [5, 5.41) is 3.58. The molecule has 1 fully saturated rings. The van der Waals surface area contributed by atoms with Crippen molar-refractivity contribution in [3.63, 3.8) is 0 Å². The van der Waals surface area contributed by atoms with E-state index in [0.717, 1.165) is 24.3 Å². The maximum absolute atomic E-state index is 13.2. The standard InChI is InChI=1S/C17H26FNO/c1-5-19-16-15(7-6-10-17(16,3)4)20-14-9-8-13(18)11-12(14)2/h8-9,11,15-16,19H,5-7,10H2,1-4H3. The Labute approximate surface area is 121 Å². The Morgan fingerprint density at radius 2 is 2.15 bits per heavy atom. The molecule has 0 aromatic heterocycles. The molecule has 1 aliphatic rings. The molecule has 0 spiro atoms. The lowest BCUT2D eigenvalue weighted by Gasteiger charge is -2.44. The van der Waals surface area contributed by atoms with Gasteiger partial charge in [0.1, 0.15) is 17.7 Å². The molecule has 1 aliphatic carbocycles. The van der Waals surface area contributed by atoms with Crippen LogP contribution in [0.2, 0.25) is 0 Å². The highest BCUT2D eigenvalue weighted by Crippen LogP contribution is 2.37. The van der Waals surface area contributed by atoms with Crippen LogP contribution in [0.5, 0.6) is 5.75 Å². The van der Waals surface area contributed by atoms with E-state index < -0.39 is 0 Å². The Morgan fingerprint density at radius 3 is 2.80 bits per heavy atom. The van der Waals surface area contributed by atoms with Crippen LogP contribution in [0.25, 0.3) is 0 Å². The number of benzene rings is 1. The molecule has 3 heteroatoms. The third kappa shape index (κ3) is 3.32. The van der Waals surface area contributed by atoms with E-state index in [9.17, 15) is 4.39 Å². The number of hydrogen-bond acceptors (Lipinski definition) is 2. The fraction of sp³-hybridized carbons (Fsp3) is 0.647. The molecule has 2 unspecified atom stereocenters. The molecule has 1 aromatic rings. The molecule has 20 heavy (non-hydrogen) atoms. The van der Waals surface area contributed by atoms with E-state index in [0.29, 0.717) is 6.04 Å². The maximum atomic E-state index is 13.2. The molecule has 2 rings (SSSR count). The van der Waals surface area contributed by atoms with Crippen LogP contribution in [0.4, 0.5) is 4.39 Å². The second kappa shape index (κ2) is 6.13. The highest BCUT2D eigenvalue weighted by atomic mass is 19.1. The normalized spacial score (nSPS) is 25.4. The predicted octanol–water partition coefficient (Wildman–Crippen LogP) is 4.07. The lowest BCUT2D eigenvalue weighted by molar-refractivity contribution is 0.0368. The molecule has 1 saturated carbocycles. The zero-order chi connectivity index (χ0) is 14.8. The predicted molar refractivity (Wildman–Crippen MR) is 80.6 cm³/mol. The quantitative estimate of drug-likeness (QED) is 0.897. The smallest absolute Gasteiger partial charge is 0.123 e. The Morgan fingerprint density at radius 1 is 1.40 bits per heavy atom. The molecule has 0 aliphatic heterocycles. The van der Waals surface area contributed by atoms with Crippen LogP contribution >= 0.6 is 0 Å². The first kappa shape index (κ1) is 15.3. The van der Waals surface area contributed by atoms with Crippen molar-refractivity contribution < 1.29 is 9.13 Å². The summed E-state index contributed by atoms with van der Waals surface area (Å²) < 4.78 is 19.4. The molecule has 0 radical (unpaired) electrons. The summed E-state index contributed by atoms with van der Waals surface area (Å²) in [5.74, 6) is 0.596. The van der Waals surface area contributed by atoms with Crippen LogP contribution in [-0.4, -0.2) is 18.7 Å². The van der Waals surface area contributed by atoms with Crippen molar-refractivity contribution in [3.05, 3.63) is 29.6 Å². The highest BCUT2D eigenvalue weighted by Gasteiger charge is 2.39. The summed E-state index contributed by atoms with van der Waals surface area (Å²) in [6.07, 6.45) is 3.60. The first-order chi connectivity index (χ1) is 9.44. The van der Waals surface area contributed by atoms with Crippen LogP contribution in [0.3, 0.4) is 0 Å². The van der Waals surface area contributed by atoms with E-state index in [4.69, 9.17) is 4.74 Å². The molecular formula is C17H26FNO. The van der Waals surface area contributed by atoms with Gasteiger partial charge >= 0.3 is 0 Å². The number of nitrogens with one attached hydrogen (secondary N) is 1. The van der Waals surface area contributed by atoms with Crippen LogP contribution in [0.15, 0.2) is 18.2 Å². The summed E-state index contributed by atoms with van der Waals surface area (Å²) in [7, 11) is 0. The number of halogens is 1. The first-order valence-corrected chi connectivity index (χ1v) is 7.60. The van der Waals surface area contributed by atoms with Gasteiger partial charge in [-0.2, -0.15) is 0 Å². The molecule has 0 amide bonds. The summed E-state index contributed by atoms with van der Waals surface area (Å²) >= 11 is 0. The second-order valence-electron chi connectivity index (χ2n) is 6.48. The summed E-state index contributed by atoms with van der Waals surface area (Å²) in [6, 6.07) is 5.09. The molecule has 1 N–H and O–H groups in total. The maximum Gasteiger partial charge on any atom is 0.123 e. The number of ether oxygens (including phenoxy) is 1. The Bertz CT molecular complexity index is 458. The Balaban J connectivity index is 2.17. The van der Waals surface area contributed by atoms with Gasteiger partial charge in [-0.25, -0.2) is 4.39 Å². The minimum absolute atomic E-state index is 0.155. The molecule has 112 valence electrons. The van der Waals surface area contributed by atoms with Gasteiger partial charge < -0.3 is 10.1 Å². The zero-order valence-corrected chi connectivity index (χ0v) is 13.0. The molecule has 2 atom stereocenters. The van der Waals surface area contributed by atoms with Crippen molar-refractivity contribution in [1.29, 1.82) is 0 Å². The molecule has 0 saturated heterocycles. The number of likely N-dealkylation sites (N-methyl/N-ethyl adjacent to an activating group) is 1. The third-order valence-corrected chi connectivity index (χ3v) is 4.36. The van der Waals surface area contributed by atoms with Crippen molar-refractivity contribution in [1.82, 2.24) is 5.32 Å². The van der Waals surface area contributed by atoms with Gasteiger partial charge in [0.15, 0.2) is 0 Å². The van der Waals surface area contributed by atoms with Gasteiger partial charge in [0.2, 0.25) is 0 Å². The topological polar surface area (TPSA) is 21.3 Å². The van der Waals surface area contributed by atoms with E-state index in [1.54, 1.807) is 6.07 Å². The van der Waals surface area contributed by atoms with Crippen LogP contribution in [-0.2, 0) is 0 Å². The van der Waals surface area contributed by atoms with Crippen LogP contribution in [0.1, 0.15) is 45.6 Å². The SMILES string of the molecule is CCNC1C(Oc2ccc(F)cc2C)CCCC1(C)C. The van der Waals surface area contributed by atoms with E-state index in [1.165, 1.54) is 25.0 Å². The van der Waals surface area contributed by atoms with Crippen molar-refractivity contribution >= 4 is 0 Å². The van der Waals surface area contributed by atoms with Crippen molar-refractivity contribution in [3.8, 4) is 5.75 Å². The molecule has 0 bridgehead atoms. The minimum atomic E-state index is -0.206. The molecule has 1 aromatic carbocycles. The largest absolute Gasteiger partial charge is 0.489 e. The molecule has 0 heterocycles.